The molecule has 0 saturated heterocycles. The highest BCUT2D eigenvalue weighted by Gasteiger charge is 2.11. The Balaban J connectivity index is 2.24. The molecule has 0 fully saturated rings. The summed E-state index contributed by atoms with van der Waals surface area (Å²) >= 11 is 4.80. The molecule has 2 aromatic rings. The third kappa shape index (κ3) is 2.48. The molecule has 0 unspecified atom stereocenters. The summed E-state index contributed by atoms with van der Waals surface area (Å²) in [5.41, 5.74) is 8.55. The fourth-order valence-corrected chi connectivity index (χ4v) is 2.31. The standard InChI is InChI=1S/C11H9BrN2OS/c12-7-1-2-10(13)9(3-7)11(15)4-8-5-14-6-16-8/h1-3,5-6H,4,13H2. The molecule has 2 rings (SSSR count). The van der Waals surface area contributed by atoms with E-state index >= 15 is 0 Å². The molecule has 5 heteroatoms. The number of thiazole rings is 1. The number of ketones is 1. The van der Waals surface area contributed by atoms with E-state index in [2.05, 4.69) is 20.9 Å². The molecule has 0 radical (unpaired) electrons. The minimum atomic E-state index is 0.0167. The molecule has 0 aliphatic carbocycles. The number of anilines is 1. The third-order valence-corrected chi connectivity index (χ3v) is 3.41. The molecule has 0 saturated carbocycles. The van der Waals surface area contributed by atoms with E-state index in [0.717, 1.165) is 9.35 Å². The van der Waals surface area contributed by atoms with Gasteiger partial charge in [-0.05, 0) is 18.2 Å². The molecular weight excluding hydrogens is 288 g/mol. The SMILES string of the molecule is Nc1ccc(Br)cc1C(=O)Cc1cncs1. The predicted octanol–water partition coefficient (Wildman–Crippen LogP) is 2.91. The van der Waals surface area contributed by atoms with Crippen molar-refractivity contribution in [1.82, 2.24) is 4.98 Å². The average Bonchev–Trinajstić information content (AvgIpc) is 2.74. The number of nitrogens with zero attached hydrogens (tertiary/aromatic N) is 1. The Morgan fingerprint density at radius 3 is 3.00 bits per heavy atom. The summed E-state index contributed by atoms with van der Waals surface area (Å²) in [6.07, 6.45) is 2.06. The fourth-order valence-electron chi connectivity index (χ4n) is 1.35. The number of hydrogen-bond acceptors (Lipinski definition) is 4. The Morgan fingerprint density at radius 1 is 1.50 bits per heavy atom. The van der Waals surface area contributed by atoms with Crippen LogP contribution in [0.3, 0.4) is 0 Å². The molecule has 1 aromatic carbocycles. The number of benzene rings is 1. The van der Waals surface area contributed by atoms with Crippen molar-refractivity contribution in [3.8, 4) is 0 Å². The van der Waals surface area contributed by atoms with Gasteiger partial charge in [0.05, 0.1) is 5.51 Å². The number of carbonyl (C=O) groups is 1. The number of carbonyl (C=O) groups excluding carboxylic acids is 1. The van der Waals surface area contributed by atoms with Gasteiger partial charge in [0, 0.05) is 33.2 Å². The molecule has 1 heterocycles. The molecule has 0 atom stereocenters. The van der Waals surface area contributed by atoms with E-state index in [9.17, 15) is 4.79 Å². The maximum absolute atomic E-state index is 12.0. The lowest BCUT2D eigenvalue weighted by Gasteiger charge is -2.04. The van der Waals surface area contributed by atoms with Crippen LogP contribution in [0.4, 0.5) is 5.69 Å². The average molecular weight is 297 g/mol. The van der Waals surface area contributed by atoms with Gasteiger partial charge in [-0.2, -0.15) is 0 Å². The van der Waals surface area contributed by atoms with Gasteiger partial charge in [-0.25, -0.2) is 0 Å². The zero-order valence-electron chi connectivity index (χ0n) is 8.31. The molecule has 0 aliphatic rings. The van der Waals surface area contributed by atoms with Crippen molar-refractivity contribution in [3.05, 3.63) is 44.8 Å². The van der Waals surface area contributed by atoms with Gasteiger partial charge >= 0.3 is 0 Å². The van der Waals surface area contributed by atoms with Crippen LogP contribution in [-0.2, 0) is 6.42 Å². The summed E-state index contributed by atoms with van der Waals surface area (Å²) in [4.78, 5) is 16.8. The second-order valence-corrected chi connectivity index (χ2v) is 5.19. The van der Waals surface area contributed by atoms with Crippen molar-refractivity contribution in [2.45, 2.75) is 6.42 Å². The van der Waals surface area contributed by atoms with Crippen LogP contribution in [0.25, 0.3) is 0 Å². The molecule has 0 aliphatic heterocycles. The summed E-state index contributed by atoms with van der Waals surface area (Å²) in [6.45, 7) is 0. The topological polar surface area (TPSA) is 56.0 Å². The molecule has 3 nitrogen and oxygen atoms in total. The van der Waals surface area contributed by atoms with Gasteiger partial charge in [0.25, 0.3) is 0 Å². The van der Waals surface area contributed by atoms with Crippen LogP contribution < -0.4 is 5.73 Å². The first-order valence-corrected chi connectivity index (χ1v) is 6.29. The number of aromatic nitrogens is 1. The summed E-state index contributed by atoms with van der Waals surface area (Å²) in [5.74, 6) is 0.0167. The maximum Gasteiger partial charge on any atom is 0.170 e. The summed E-state index contributed by atoms with van der Waals surface area (Å²) < 4.78 is 0.856. The molecule has 1 aromatic heterocycles. The number of Topliss-reactive ketones (excluding diaryl/α,β-unsaturated/α-hetero) is 1. The van der Waals surface area contributed by atoms with E-state index in [-0.39, 0.29) is 5.78 Å². The van der Waals surface area contributed by atoms with Gasteiger partial charge in [0.1, 0.15) is 0 Å². The van der Waals surface area contributed by atoms with E-state index in [0.29, 0.717) is 17.7 Å². The van der Waals surface area contributed by atoms with Crippen LogP contribution in [0.15, 0.2) is 34.4 Å². The van der Waals surface area contributed by atoms with Crippen molar-refractivity contribution in [2.24, 2.45) is 0 Å². The Kier molecular flexibility index (Phi) is 3.36. The second-order valence-electron chi connectivity index (χ2n) is 3.30. The monoisotopic (exact) mass is 296 g/mol. The van der Waals surface area contributed by atoms with Crippen molar-refractivity contribution in [1.29, 1.82) is 0 Å². The van der Waals surface area contributed by atoms with Gasteiger partial charge in [-0.1, -0.05) is 15.9 Å². The lowest BCUT2D eigenvalue weighted by atomic mass is 10.1. The smallest absolute Gasteiger partial charge is 0.170 e. The lowest BCUT2D eigenvalue weighted by molar-refractivity contribution is 0.0994. The molecule has 82 valence electrons. The number of rotatable bonds is 3. The highest BCUT2D eigenvalue weighted by Crippen LogP contribution is 2.20. The van der Waals surface area contributed by atoms with E-state index in [4.69, 9.17) is 5.73 Å². The van der Waals surface area contributed by atoms with Crippen LogP contribution in [-0.4, -0.2) is 10.8 Å². The van der Waals surface area contributed by atoms with E-state index in [1.54, 1.807) is 23.8 Å². The zero-order valence-corrected chi connectivity index (χ0v) is 10.7. The highest BCUT2D eigenvalue weighted by atomic mass is 79.9. The number of nitrogen functional groups attached to an aromatic ring is 1. The van der Waals surface area contributed by atoms with Crippen molar-refractivity contribution in [2.75, 3.05) is 5.73 Å². The van der Waals surface area contributed by atoms with E-state index in [1.165, 1.54) is 11.3 Å². The van der Waals surface area contributed by atoms with Crippen LogP contribution in [0.5, 0.6) is 0 Å². The highest BCUT2D eigenvalue weighted by molar-refractivity contribution is 9.10. The number of halogens is 1. The first kappa shape index (κ1) is 11.3. The molecular formula is C11H9BrN2OS. The molecule has 0 bridgehead atoms. The lowest BCUT2D eigenvalue weighted by Crippen LogP contribution is -2.06. The fraction of sp³-hybridized carbons (Fsp3) is 0.0909. The van der Waals surface area contributed by atoms with Gasteiger partial charge in [0.2, 0.25) is 0 Å². The van der Waals surface area contributed by atoms with Crippen LogP contribution in [0.2, 0.25) is 0 Å². The largest absolute Gasteiger partial charge is 0.398 e. The van der Waals surface area contributed by atoms with Crippen molar-refractivity contribution >= 4 is 38.7 Å². The first-order valence-electron chi connectivity index (χ1n) is 4.62. The van der Waals surface area contributed by atoms with Crippen LogP contribution >= 0.6 is 27.3 Å². The second kappa shape index (κ2) is 4.76. The van der Waals surface area contributed by atoms with Gasteiger partial charge in [-0.15, -0.1) is 11.3 Å². The summed E-state index contributed by atoms with van der Waals surface area (Å²) in [7, 11) is 0. The molecule has 0 spiro atoms. The normalized spacial score (nSPS) is 10.3. The van der Waals surface area contributed by atoms with Crippen LogP contribution in [0.1, 0.15) is 15.2 Å². The third-order valence-electron chi connectivity index (χ3n) is 2.13. The minimum absolute atomic E-state index is 0.0167. The minimum Gasteiger partial charge on any atom is -0.398 e. The quantitative estimate of drug-likeness (QED) is 0.700. The molecule has 2 N–H and O–H groups in total. The van der Waals surface area contributed by atoms with Gasteiger partial charge in [-0.3, -0.25) is 9.78 Å². The Morgan fingerprint density at radius 2 is 2.31 bits per heavy atom. The van der Waals surface area contributed by atoms with Gasteiger partial charge in [0.15, 0.2) is 5.78 Å². The van der Waals surface area contributed by atoms with Gasteiger partial charge < -0.3 is 5.73 Å². The number of hydrogen-bond donors (Lipinski definition) is 1. The maximum atomic E-state index is 12.0. The van der Waals surface area contributed by atoms with Crippen LogP contribution in [0, 0.1) is 0 Å². The van der Waals surface area contributed by atoms with Crippen molar-refractivity contribution < 1.29 is 4.79 Å². The molecule has 0 amide bonds. The zero-order chi connectivity index (χ0) is 11.5. The van der Waals surface area contributed by atoms with Crippen molar-refractivity contribution in [3.63, 3.8) is 0 Å². The Bertz CT molecular complexity index is 511. The van der Waals surface area contributed by atoms with E-state index < -0.39 is 0 Å². The predicted molar refractivity (Wildman–Crippen MR) is 68.7 cm³/mol. The Labute approximate surface area is 105 Å². The Hall–Kier alpha value is -1.20. The van der Waals surface area contributed by atoms with E-state index in [1.807, 2.05) is 6.07 Å². The summed E-state index contributed by atoms with van der Waals surface area (Å²) in [5, 5.41) is 0. The summed E-state index contributed by atoms with van der Waals surface area (Å²) in [6, 6.07) is 5.29. The molecule has 16 heavy (non-hydrogen) atoms. The first-order chi connectivity index (χ1) is 7.66. The number of nitrogens with two attached hydrogens (primary N) is 1.